The maximum absolute atomic E-state index is 14.6. The molecule has 0 N–H and O–H groups in total. The van der Waals surface area contributed by atoms with Crippen LogP contribution in [-0.4, -0.2) is 73.5 Å². The zero-order valence-electron chi connectivity index (χ0n) is 30.2. The first kappa shape index (κ1) is 36.2. The van der Waals surface area contributed by atoms with Crippen molar-refractivity contribution in [2.75, 3.05) is 40.0 Å². The third kappa shape index (κ3) is 8.24. The number of nitrogens with zero attached hydrogens (tertiary/aromatic N) is 2. The topological polar surface area (TPSA) is 94.6 Å². The van der Waals surface area contributed by atoms with Crippen LogP contribution in [0.5, 0.6) is 17.2 Å². The fourth-order valence-corrected chi connectivity index (χ4v) is 8.33. The molecule has 3 heterocycles. The molecule has 9 nitrogen and oxygen atoms in total. The van der Waals surface area contributed by atoms with Crippen LogP contribution >= 0.6 is 11.3 Å². The number of ketones is 1. The molecule has 1 amide bonds. The highest BCUT2D eigenvalue weighted by Gasteiger charge is 2.37. The summed E-state index contributed by atoms with van der Waals surface area (Å²) in [5.74, 6) is 1.30. The normalized spacial score (nSPS) is 15.9. The van der Waals surface area contributed by atoms with E-state index >= 15 is 0 Å². The molecule has 2 saturated heterocycles. The minimum atomic E-state index is -0.642. The van der Waals surface area contributed by atoms with E-state index in [0.29, 0.717) is 42.1 Å². The van der Waals surface area contributed by atoms with E-state index in [-0.39, 0.29) is 31.3 Å². The minimum Gasteiger partial charge on any atom is -0.496 e. The molecule has 7 rings (SSSR count). The summed E-state index contributed by atoms with van der Waals surface area (Å²) in [5.41, 5.74) is 3.72. The van der Waals surface area contributed by atoms with Crippen molar-refractivity contribution in [1.82, 2.24) is 9.80 Å². The number of rotatable bonds is 15. The SMILES string of the molecule is CCOC(=O)C1CCC(=O)N1Cc1ccc(C(=O)c2c(-c3ccc(OCCN4CCCC4)cc3)sc3cc(OCc4ccccc4)ccc23)cc1OC. The molecule has 0 radical (unpaired) electrons. The summed E-state index contributed by atoms with van der Waals surface area (Å²) in [5, 5.41) is 0.830. The molecule has 0 aliphatic carbocycles. The molecule has 0 saturated carbocycles. The fraction of sp³-hybridized carbons (Fsp3) is 0.326. The molecular weight excluding hydrogens is 689 g/mol. The van der Waals surface area contributed by atoms with Crippen LogP contribution in [0.4, 0.5) is 0 Å². The van der Waals surface area contributed by atoms with Gasteiger partial charge >= 0.3 is 5.97 Å². The molecule has 1 aromatic heterocycles. The lowest BCUT2D eigenvalue weighted by molar-refractivity contribution is -0.151. The number of esters is 1. The van der Waals surface area contributed by atoms with Gasteiger partial charge in [-0.05, 0) is 98.9 Å². The van der Waals surface area contributed by atoms with E-state index in [1.807, 2.05) is 72.8 Å². The Bertz CT molecular complexity index is 2070. The van der Waals surface area contributed by atoms with E-state index in [1.165, 1.54) is 12.8 Å². The number of benzene rings is 4. The van der Waals surface area contributed by atoms with E-state index in [2.05, 4.69) is 4.90 Å². The molecule has 53 heavy (non-hydrogen) atoms. The van der Waals surface area contributed by atoms with Gasteiger partial charge in [-0.15, -0.1) is 11.3 Å². The standard InChI is InChI=1S/C43H44N2O7S/c1-3-50-43(48)36-19-20-39(46)45(36)27-32-12-11-31(25-37(32)49-2)41(47)40-35-18-17-34(52-28-29-9-5-4-6-10-29)26-38(35)53-42(40)30-13-15-33(16-14-30)51-24-23-44-21-7-8-22-44/h4-6,9-18,25-26,36H,3,7-8,19-24,27-28H2,1-2H3. The molecule has 1 atom stereocenters. The Hall–Kier alpha value is -5.19. The van der Waals surface area contributed by atoms with Crippen LogP contribution < -0.4 is 14.2 Å². The lowest BCUT2D eigenvalue weighted by atomic mass is 9.96. The third-order valence-corrected chi connectivity index (χ3v) is 11.1. The van der Waals surface area contributed by atoms with Gasteiger partial charge in [0.25, 0.3) is 0 Å². The Balaban J connectivity index is 1.18. The van der Waals surface area contributed by atoms with Crippen molar-refractivity contribution in [2.45, 2.75) is 51.8 Å². The monoisotopic (exact) mass is 732 g/mol. The maximum atomic E-state index is 14.6. The Labute approximate surface area is 314 Å². The summed E-state index contributed by atoms with van der Waals surface area (Å²) in [6, 6.07) is 28.5. The smallest absolute Gasteiger partial charge is 0.328 e. The number of hydrogen-bond acceptors (Lipinski definition) is 9. The summed E-state index contributed by atoms with van der Waals surface area (Å²) in [6.07, 6.45) is 3.19. The summed E-state index contributed by atoms with van der Waals surface area (Å²) in [4.78, 5) is 44.8. The first-order valence-electron chi connectivity index (χ1n) is 18.3. The van der Waals surface area contributed by atoms with Gasteiger partial charge in [-0.1, -0.05) is 42.5 Å². The number of likely N-dealkylation sites (tertiary alicyclic amines) is 2. The number of methoxy groups -OCH3 is 1. The van der Waals surface area contributed by atoms with E-state index in [1.54, 1.807) is 48.5 Å². The quantitative estimate of drug-likeness (QED) is 0.0792. The van der Waals surface area contributed by atoms with Gasteiger partial charge in [0.15, 0.2) is 5.78 Å². The van der Waals surface area contributed by atoms with Crippen molar-refractivity contribution < 1.29 is 33.3 Å². The molecule has 2 aliphatic rings. The van der Waals surface area contributed by atoms with Gasteiger partial charge in [-0.25, -0.2) is 4.79 Å². The summed E-state index contributed by atoms with van der Waals surface area (Å²) >= 11 is 1.55. The molecule has 10 heteroatoms. The second-order valence-corrected chi connectivity index (χ2v) is 14.4. The maximum Gasteiger partial charge on any atom is 0.328 e. The Morgan fingerprint density at radius 2 is 1.66 bits per heavy atom. The van der Waals surface area contributed by atoms with E-state index in [9.17, 15) is 14.4 Å². The number of carbonyl (C=O) groups excluding carboxylic acids is 3. The number of carbonyl (C=O) groups is 3. The summed E-state index contributed by atoms with van der Waals surface area (Å²) in [6.45, 7) is 6.41. The van der Waals surface area contributed by atoms with Gasteiger partial charge in [0.05, 0.1) is 20.3 Å². The molecule has 4 aromatic carbocycles. The van der Waals surface area contributed by atoms with Crippen molar-refractivity contribution >= 4 is 39.1 Å². The van der Waals surface area contributed by atoms with Crippen molar-refractivity contribution in [3.8, 4) is 27.7 Å². The first-order chi connectivity index (χ1) is 25.9. The summed E-state index contributed by atoms with van der Waals surface area (Å²) < 4.78 is 24.2. The van der Waals surface area contributed by atoms with Crippen molar-refractivity contribution in [3.05, 3.63) is 113 Å². The van der Waals surface area contributed by atoms with Gasteiger partial charge in [-0.2, -0.15) is 0 Å². The fourth-order valence-electron chi connectivity index (χ4n) is 7.10. The molecule has 2 aliphatic heterocycles. The lowest BCUT2D eigenvalue weighted by Crippen LogP contribution is -2.39. The van der Waals surface area contributed by atoms with Crippen LogP contribution in [0.2, 0.25) is 0 Å². The molecule has 5 aromatic rings. The predicted octanol–water partition coefficient (Wildman–Crippen LogP) is 7.92. The first-order valence-corrected chi connectivity index (χ1v) is 19.1. The largest absolute Gasteiger partial charge is 0.496 e. The van der Waals surface area contributed by atoms with Crippen LogP contribution in [-0.2, 0) is 27.5 Å². The van der Waals surface area contributed by atoms with Crippen molar-refractivity contribution in [2.24, 2.45) is 0 Å². The highest BCUT2D eigenvalue weighted by atomic mass is 32.1. The van der Waals surface area contributed by atoms with Gasteiger partial charge in [0.1, 0.15) is 36.5 Å². The van der Waals surface area contributed by atoms with Crippen LogP contribution in [0.25, 0.3) is 20.5 Å². The number of ether oxygens (including phenoxy) is 4. The van der Waals surface area contributed by atoms with E-state index in [0.717, 1.165) is 57.2 Å². The van der Waals surface area contributed by atoms with Crippen LogP contribution in [0.15, 0.2) is 91.0 Å². The van der Waals surface area contributed by atoms with Crippen LogP contribution in [0, 0.1) is 0 Å². The second kappa shape index (κ2) is 16.7. The summed E-state index contributed by atoms with van der Waals surface area (Å²) in [7, 11) is 1.54. The average Bonchev–Trinajstić information content (AvgIpc) is 3.94. The third-order valence-electron chi connectivity index (χ3n) is 9.91. The number of hydrogen-bond donors (Lipinski definition) is 0. The Kier molecular flexibility index (Phi) is 11.4. The lowest BCUT2D eigenvalue weighted by Gasteiger charge is -2.24. The van der Waals surface area contributed by atoms with Gasteiger partial charge in [0.2, 0.25) is 5.91 Å². The molecular formula is C43H44N2O7S. The number of thiophene rings is 1. The second-order valence-electron chi connectivity index (χ2n) is 13.3. The zero-order chi connectivity index (χ0) is 36.7. The number of amides is 1. The zero-order valence-corrected chi connectivity index (χ0v) is 31.0. The van der Waals surface area contributed by atoms with Crippen molar-refractivity contribution in [3.63, 3.8) is 0 Å². The highest BCUT2D eigenvalue weighted by molar-refractivity contribution is 7.22. The van der Waals surface area contributed by atoms with Crippen molar-refractivity contribution in [1.29, 1.82) is 0 Å². The molecule has 1 unspecified atom stereocenters. The van der Waals surface area contributed by atoms with E-state index in [4.69, 9.17) is 18.9 Å². The minimum absolute atomic E-state index is 0.116. The van der Waals surface area contributed by atoms with Gasteiger partial charge < -0.3 is 23.8 Å². The van der Waals surface area contributed by atoms with Gasteiger partial charge in [0, 0.05) is 44.6 Å². The Morgan fingerprint density at radius 1 is 0.887 bits per heavy atom. The molecule has 274 valence electrons. The van der Waals surface area contributed by atoms with Crippen LogP contribution in [0.3, 0.4) is 0 Å². The highest BCUT2D eigenvalue weighted by Crippen LogP contribution is 2.42. The number of fused-ring (bicyclic) bond motifs is 1. The molecule has 0 bridgehead atoms. The molecule has 0 spiro atoms. The van der Waals surface area contributed by atoms with Gasteiger partial charge in [-0.3, -0.25) is 14.5 Å². The van der Waals surface area contributed by atoms with Crippen LogP contribution in [0.1, 0.15) is 59.7 Å². The average molecular weight is 733 g/mol. The molecule has 2 fully saturated rings. The predicted molar refractivity (Wildman–Crippen MR) is 206 cm³/mol. The Morgan fingerprint density at radius 3 is 2.42 bits per heavy atom. The van der Waals surface area contributed by atoms with E-state index < -0.39 is 12.0 Å².